The van der Waals surface area contributed by atoms with E-state index >= 15 is 0 Å². The molecule has 64 valence electrons. The Morgan fingerprint density at radius 3 is 3.00 bits per heavy atom. The number of ether oxygens (including phenoxy) is 1. The monoisotopic (exact) mass is 159 g/mol. The van der Waals surface area contributed by atoms with Crippen molar-refractivity contribution < 1.29 is 9.53 Å². The van der Waals surface area contributed by atoms with Crippen LogP contribution in [0.2, 0.25) is 0 Å². The standard InChI is InChI=1S/C6H13N3O2/c7-6(10)11-4-5-3-8-1-2-9-5/h5,8-9H,1-4H2,(H2,7,10). The molecule has 5 heteroatoms. The lowest BCUT2D eigenvalue weighted by Gasteiger charge is -2.23. The minimum absolute atomic E-state index is 0.205. The summed E-state index contributed by atoms with van der Waals surface area (Å²) in [5, 5.41) is 6.34. The molecule has 0 aliphatic carbocycles. The van der Waals surface area contributed by atoms with Gasteiger partial charge in [0.25, 0.3) is 0 Å². The third kappa shape index (κ3) is 3.20. The average molecular weight is 159 g/mol. The molecule has 5 nitrogen and oxygen atoms in total. The molecule has 1 amide bonds. The molecule has 0 spiro atoms. The highest BCUT2D eigenvalue weighted by atomic mass is 16.5. The summed E-state index contributed by atoms with van der Waals surface area (Å²) in [7, 11) is 0. The number of nitrogens with two attached hydrogens (primary N) is 1. The van der Waals surface area contributed by atoms with Crippen LogP contribution in [0.25, 0.3) is 0 Å². The van der Waals surface area contributed by atoms with Gasteiger partial charge in [-0.2, -0.15) is 0 Å². The van der Waals surface area contributed by atoms with E-state index < -0.39 is 6.09 Å². The van der Waals surface area contributed by atoms with Gasteiger partial charge >= 0.3 is 6.09 Å². The fourth-order valence-electron chi connectivity index (χ4n) is 1.01. The lowest BCUT2D eigenvalue weighted by atomic mass is 10.2. The molecule has 1 saturated heterocycles. The lowest BCUT2D eigenvalue weighted by molar-refractivity contribution is 0.140. The number of carbonyl (C=O) groups is 1. The van der Waals surface area contributed by atoms with Crippen LogP contribution in [0.15, 0.2) is 0 Å². The van der Waals surface area contributed by atoms with Gasteiger partial charge in [0.15, 0.2) is 0 Å². The smallest absolute Gasteiger partial charge is 0.404 e. The number of rotatable bonds is 2. The molecule has 0 aromatic heterocycles. The number of primary amides is 1. The molecular weight excluding hydrogens is 146 g/mol. The van der Waals surface area contributed by atoms with Crippen molar-refractivity contribution in [3.05, 3.63) is 0 Å². The summed E-state index contributed by atoms with van der Waals surface area (Å²) in [5.74, 6) is 0. The Bertz CT molecular complexity index is 134. The number of piperazine rings is 1. The Morgan fingerprint density at radius 1 is 1.64 bits per heavy atom. The van der Waals surface area contributed by atoms with Gasteiger partial charge in [-0.25, -0.2) is 4.79 Å². The zero-order valence-electron chi connectivity index (χ0n) is 6.30. The second-order valence-electron chi connectivity index (χ2n) is 2.49. The highest BCUT2D eigenvalue weighted by molar-refractivity contribution is 5.64. The molecule has 0 aromatic carbocycles. The second kappa shape index (κ2) is 4.15. The molecular formula is C6H13N3O2. The van der Waals surface area contributed by atoms with Crippen LogP contribution in [-0.4, -0.2) is 38.4 Å². The van der Waals surface area contributed by atoms with E-state index in [1.165, 1.54) is 0 Å². The maximum Gasteiger partial charge on any atom is 0.404 e. The number of hydrogen-bond acceptors (Lipinski definition) is 4. The minimum Gasteiger partial charge on any atom is -0.448 e. The Kier molecular flexibility index (Phi) is 3.13. The summed E-state index contributed by atoms with van der Waals surface area (Å²) >= 11 is 0. The summed E-state index contributed by atoms with van der Waals surface area (Å²) in [6.45, 7) is 3.05. The largest absolute Gasteiger partial charge is 0.448 e. The van der Waals surface area contributed by atoms with Crippen molar-refractivity contribution in [1.82, 2.24) is 10.6 Å². The highest BCUT2D eigenvalue weighted by Gasteiger charge is 2.12. The maximum atomic E-state index is 10.2. The van der Waals surface area contributed by atoms with E-state index in [0.29, 0.717) is 6.61 Å². The first-order valence-electron chi connectivity index (χ1n) is 3.65. The summed E-state index contributed by atoms with van der Waals surface area (Å²) < 4.78 is 4.62. The van der Waals surface area contributed by atoms with Crippen LogP contribution in [0.4, 0.5) is 4.79 Å². The van der Waals surface area contributed by atoms with Gasteiger partial charge in [0, 0.05) is 19.6 Å². The molecule has 1 aliphatic rings. The van der Waals surface area contributed by atoms with Crippen LogP contribution in [-0.2, 0) is 4.74 Å². The van der Waals surface area contributed by atoms with Crippen molar-refractivity contribution in [2.45, 2.75) is 6.04 Å². The van der Waals surface area contributed by atoms with Crippen molar-refractivity contribution in [3.8, 4) is 0 Å². The van der Waals surface area contributed by atoms with E-state index in [9.17, 15) is 4.79 Å². The highest BCUT2D eigenvalue weighted by Crippen LogP contribution is 1.87. The SMILES string of the molecule is NC(=O)OCC1CNCCN1. The second-order valence-corrected chi connectivity index (χ2v) is 2.49. The Morgan fingerprint density at radius 2 is 2.45 bits per heavy atom. The number of hydrogen-bond donors (Lipinski definition) is 3. The van der Waals surface area contributed by atoms with Crippen LogP contribution in [0.5, 0.6) is 0 Å². The van der Waals surface area contributed by atoms with Gasteiger partial charge in [-0.05, 0) is 0 Å². The third-order valence-corrected chi connectivity index (χ3v) is 1.55. The van der Waals surface area contributed by atoms with E-state index in [1.807, 2.05) is 0 Å². The third-order valence-electron chi connectivity index (χ3n) is 1.55. The number of amides is 1. The van der Waals surface area contributed by atoms with E-state index in [1.54, 1.807) is 0 Å². The molecule has 0 aromatic rings. The first kappa shape index (κ1) is 8.29. The fraction of sp³-hybridized carbons (Fsp3) is 0.833. The van der Waals surface area contributed by atoms with Crippen LogP contribution in [0, 0.1) is 0 Å². The van der Waals surface area contributed by atoms with E-state index in [2.05, 4.69) is 15.4 Å². The van der Waals surface area contributed by atoms with Gasteiger partial charge < -0.3 is 21.1 Å². The fourth-order valence-corrected chi connectivity index (χ4v) is 1.01. The molecule has 0 saturated carbocycles. The van der Waals surface area contributed by atoms with Crippen molar-refractivity contribution >= 4 is 6.09 Å². The molecule has 1 fully saturated rings. The minimum atomic E-state index is -0.711. The normalized spacial score (nSPS) is 24.5. The number of carbonyl (C=O) groups excluding carboxylic acids is 1. The Hall–Kier alpha value is -0.810. The van der Waals surface area contributed by atoms with Crippen LogP contribution in [0.1, 0.15) is 0 Å². The first-order valence-corrected chi connectivity index (χ1v) is 3.65. The van der Waals surface area contributed by atoms with Crippen molar-refractivity contribution in [1.29, 1.82) is 0 Å². The van der Waals surface area contributed by atoms with Crippen LogP contribution >= 0.6 is 0 Å². The summed E-state index contributed by atoms with van der Waals surface area (Å²) in [6.07, 6.45) is -0.711. The van der Waals surface area contributed by atoms with Crippen molar-refractivity contribution in [2.24, 2.45) is 5.73 Å². The van der Waals surface area contributed by atoms with Gasteiger partial charge in [-0.15, -0.1) is 0 Å². The average Bonchev–Trinajstić information content (AvgIpc) is 2.03. The van der Waals surface area contributed by atoms with Gasteiger partial charge in [-0.1, -0.05) is 0 Å². The zero-order valence-corrected chi connectivity index (χ0v) is 6.30. The molecule has 1 rings (SSSR count). The molecule has 1 heterocycles. The van der Waals surface area contributed by atoms with Crippen molar-refractivity contribution in [3.63, 3.8) is 0 Å². The molecule has 1 atom stereocenters. The quantitative estimate of drug-likeness (QED) is 0.465. The van der Waals surface area contributed by atoms with Crippen molar-refractivity contribution in [2.75, 3.05) is 26.2 Å². The molecule has 11 heavy (non-hydrogen) atoms. The summed E-state index contributed by atoms with van der Waals surface area (Å²) in [6, 6.07) is 0.205. The first-order chi connectivity index (χ1) is 5.29. The molecule has 4 N–H and O–H groups in total. The summed E-state index contributed by atoms with van der Waals surface area (Å²) in [4.78, 5) is 10.2. The van der Waals surface area contributed by atoms with Gasteiger partial charge in [0.2, 0.25) is 0 Å². The predicted molar refractivity (Wildman–Crippen MR) is 40.2 cm³/mol. The predicted octanol–water partition coefficient (Wildman–Crippen LogP) is -1.36. The van der Waals surface area contributed by atoms with E-state index in [0.717, 1.165) is 19.6 Å². The van der Waals surface area contributed by atoms with Crippen LogP contribution < -0.4 is 16.4 Å². The van der Waals surface area contributed by atoms with Crippen LogP contribution in [0.3, 0.4) is 0 Å². The lowest BCUT2D eigenvalue weighted by Crippen LogP contribution is -2.50. The molecule has 0 bridgehead atoms. The summed E-state index contributed by atoms with van der Waals surface area (Å²) in [5.41, 5.74) is 4.80. The topological polar surface area (TPSA) is 76.4 Å². The molecule has 0 radical (unpaired) electrons. The molecule has 1 aliphatic heterocycles. The molecule has 1 unspecified atom stereocenters. The number of nitrogens with one attached hydrogen (secondary N) is 2. The van der Waals surface area contributed by atoms with E-state index in [-0.39, 0.29) is 6.04 Å². The maximum absolute atomic E-state index is 10.2. The van der Waals surface area contributed by atoms with E-state index in [4.69, 9.17) is 5.73 Å². The van der Waals surface area contributed by atoms with Gasteiger partial charge in [-0.3, -0.25) is 0 Å². The van der Waals surface area contributed by atoms with Gasteiger partial charge in [0.1, 0.15) is 6.61 Å². The van der Waals surface area contributed by atoms with Gasteiger partial charge in [0.05, 0.1) is 6.04 Å². The zero-order chi connectivity index (χ0) is 8.10. The Labute approximate surface area is 65.3 Å². The Balaban J connectivity index is 2.09.